The van der Waals surface area contributed by atoms with Gasteiger partial charge in [0.25, 0.3) is 5.91 Å². The Bertz CT molecular complexity index is 1170. The van der Waals surface area contributed by atoms with Gasteiger partial charge in [0.2, 0.25) is 10.0 Å². The van der Waals surface area contributed by atoms with E-state index in [9.17, 15) is 21.6 Å². The number of ether oxygens (including phenoxy) is 1. The number of amides is 1. The summed E-state index contributed by atoms with van der Waals surface area (Å²) in [5.74, 6) is -0.470. The molecule has 0 atom stereocenters. The topological polar surface area (TPSA) is 119 Å². The summed E-state index contributed by atoms with van der Waals surface area (Å²) >= 11 is 6.06. The highest BCUT2D eigenvalue weighted by Gasteiger charge is 2.28. The Morgan fingerprint density at radius 1 is 1.07 bits per heavy atom. The Hall–Kier alpha value is -2.14. The Morgan fingerprint density at radius 2 is 1.72 bits per heavy atom. The highest BCUT2D eigenvalue weighted by molar-refractivity contribution is 7.90. The second-order valence-electron chi connectivity index (χ2n) is 6.63. The number of nitrogens with one attached hydrogen (secondary N) is 2. The molecule has 0 aromatic heterocycles. The highest BCUT2D eigenvalue weighted by atomic mass is 35.5. The van der Waals surface area contributed by atoms with Crippen molar-refractivity contribution in [1.82, 2.24) is 4.72 Å². The maximum Gasteiger partial charge on any atom is 0.257 e. The van der Waals surface area contributed by atoms with Crippen LogP contribution in [0.4, 0.5) is 5.69 Å². The fourth-order valence-electron chi connectivity index (χ4n) is 2.54. The van der Waals surface area contributed by atoms with Crippen molar-refractivity contribution in [3.8, 4) is 5.75 Å². The van der Waals surface area contributed by atoms with Gasteiger partial charge >= 0.3 is 0 Å². The van der Waals surface area contributed by atoms with Gasteiger partial charge in [0.1, 0.15) is 5.75 Å². The molecule has 2 aromatic rings. The molecule has 0 spiro atoms. The minimum atomic E-state index is -3.74. The summed E-state index contributed by atoms with van der Waals surface area (Å²) in [7, 11) is -5.91. The molecule has 0 bridgehead atoms. The first-order valence-corrected chi connectivity index (χ1v) is 12.3. The zero-order chi connectivity index (χ0) is 21.4. The van der Waals surface area contributed by atoms with Crippen LogP contribution in [0.15, 0.2) is 46.2 Å². The molecule has 29 heavy (non-hydrogen) atoms. The van der Waals surface area contributed by atoms with E-state index in [0.717, 1.165) is 25.2 Å². The molecule has 11 heteroatoms. The quantitative estimate of drug-likeness (QED) is 0.657. The normalized spacial score (nSPS) is 14.4. The third-order valence-corrected chi connectivity index (χ3v) is 7.20. The minimum Gasteiger partial charge on any atom is -0.495 e. The third-order valence-electron chi connectivity index (χ3n) is 4.24. The van der Waals surface area contributed by atoms with E-state index in [1.54, 1.807) is 0 Å². The van der Waals surface area contributed by atoms with Crippen molar-refractivity contribution in [2.75, 3.05) is 18.7 Å². The molecule has 8 nitrogen and oxygen atoms in total. The Morgan fingerprint density at radius 3 is 2.31 bits per heavy atom. The van der Waals surface area contributed by atoms with Gasteiger partial charge in [0, 0.05) is 12.3 Å². The van der Waals surface area contributed by atoms with E-state index < -0.39 is 25.8 Å². The molecule has 2 N–H and O–H groups in total. The SMILES string of the molecule is COc1ccc(S(=O)(=O)NC2CC2)cc1NC(=O)c1cc(S(C)(=O)=O)ccc1Cl. The standard InChI is InChI=1S/C18H19ClN2O6S2/c1-27-17-8-6-13(29(25,26)21-11-3-4-11)10-16(17)20-18(22)14-9-12(28(2,23)24)5-7-15(14)19/h5-11,21H,3-4H2,1-2H3,(H,20,22). The maximum atomic E-state index is 12.7. The number of carbonyl (C=O) groups excluding carboxylic acids is 1. The van der Waals surface area contributed by atoms with E-state index in [-0.39, 0.29) is 37.9 Å². The van der Waals surface area contributed by atoms with Gasteiger partial charge in [-0.15, -0.1) is 0 Å². The fourth-order valence-corrected chi connectivity index (χ4v) is 4.72. The van der Waals surface area contributed by atoms with E-state index >= 15 is 0 Å². The molecule has 1 aliphatic rings. The maximum absolute atomic E-state index is 12.7. The smallest absolute Gasteiger partial charge is 0.257 e. The van der Waals surface area contributed by atoms with Crippen molar-refractivity contribution in [2.45, 2.75) is 28.7 Å². The average Bonchev–Trinajstić information content (AvgIpc) is 3.44. The molecule has 0 saturated heterocycles. The lowest BCUT2D eigenvalue weighted by atomic mass is 10.2. The largest absolute Gasteiger partial charge is 0.495 e. The van der Waals surface area contributed by atoms with Crippen LogP contribution in [-0.4, -0.2) is 42.2 Å². The van der Waals surface area contributed by atoms with Gasteiger partial charge in [-0.05, 0) is 49.2 Å². The van der Waals surface area contributed by atoms with Crippen molar-refractivity contribution in [3.63, 3.8) is 0 Å². The molecular weight excluding hydrogens is 440 g/mol. The van der Waals surface area contributed by atoms with Crippen LogP contribution < -0.4 is 14.8 Å². The number of carbonyl (C=O) groups is 1. The van der Waals surface area contributed by atoms with Gasteiger partial charge in [-0.1, -0.05) is 11.6 Å². The number of benzene rings is 2. The molecule has 3 rings (SSSR count). The number of halogens is 1. The van der Waals surface area contributed by atoms with Crippen LogP contribution in [0.2, 0.25) is 5.02 Å². The summed E-state index contributed by atoms with van der Waals surface area (Å²) in [5.41, 5.74) is 0.0398. The second kappa shape index (κ2) is 7.94. The van der Waals surface area contributed by atoms with E-state index in [1.165, 1.54) is 37.4 Å². The molecule has 0 unspecified atom stereocenters. The molecule has 0 aliphatic heterocycles. The monoisotopic (exact) mass is 458 g/mol. The Labute approximate surface area is 174 Å². The number of rotatable bonds is 7. The van der Waals surface area contributed by atoms with Crippen molar-refractivity contribution in [1.29, 1.82) is 0 Å². The number of hydrogen-bond donors (Lipinski definition) is 2. The Balaban J connectivity index is 1.95. The lowest BCUT2D eigenvalue weighted by Gasteiger charge is -2.14. The molecule has 0 heterocycles. The molecule has 1 amide bonds. The first-order valence-electron chi connectivity index (χ1n) is 8.52. The van der Waals surface area contributed by atoms with Crippen molar-refractivity contribution in [2.24, 2.45) is 0 Å². The molecule has 1 saturated carbocycles. The minimum absolute atomic E-state index is 0.0310. The van der Waals surface area contributed by atoms with E-state index in [0.29, 0.717) is 0 Å². The predicted molar refractivity (Wildman–Crippen MR) is 109 cm³/mol. The third kappa shape index (κ3) is 5.08. The van der Waals surface area contributed by atoms with Crippen molar-refractivity contribution >= 4 is 43.1 Å². The van der Waals surface area contributed by atoms with Crippen molar-refractivity contribution in [3.05, 3.63) is 47.0 Å². The second-order valence-corrected chi connectivity index (χ2v) is 10.8. The van der Waals surface area contributed by atoms with Crippen LogP contribution in [0, 0.1) is 0 Å². The number of anilines is 1. The van der Waals surface area contributed by atoms with Gasteiger partial charge in [0.05, 0.1) is 33.2 Å². The van der Waals surface area contributed by atoms with Crippen LogP contribution in [0.5, 0.6) is 5.75 Å². The molecule has 156 valence electrons. The van der Waals surface area contributed by atoms with Crippen LogP contribution in [0.25, 0.3) is 0 Å². The summed E-state index contributed by atoms with van der Waals surface area (Å²) in [4.78, 5) is 12.6. The molecular formula is C18H19ClN2O6S2. The average molecular weight is 459 g/mol. The van der Waals surface area contributed by atoms with Crippen LogP contribution in [0.3, 0.4) is 0 Å². The highest BCUT2D eigenvalue weighted by Crippen LogP contribution is 2.30. The molecule has 0 radical (unpaired) electrons. The lowest BCUT2D eigenvalue weighted by molar-refractivity contribution is 0.102. The molecule has 1 fully saturated rings. The predicted octanol–water partition coefficient (Wildman–Crippen LogP) is 2.45. The molecule has 2 aromatic carbocycles. The summed E-state index contributed by atoms with van der Waals surface area (Å²) in [6.07, 6.45) is 2.59. The number of sulfone groups is 1. The van der Waals surface area contributed by atoms with Gasteiger partial charge < -0.3 is 10.1 Å². The number of hydrogen-bond acceptors (Lipinski definition) is 6. The van der Waals surface area contributed by atoms with Crippen LogP contribution in [-0.2, 0) is 19.9 Å². The van der Waals surface area contributed by atoms with E-state index in [4.69, 9.17) is 16.3 Å². The zero-order valence-electron chi connectivity index (χ0n) is 15.6. The van der Waals surface area contributed by atoms with E-state index in [2.05, 4.69) is 10.0 Å². The van der Waals surface area contributed by atoms with Gasteiger partial charge in [-0.25, -0.2) is 21.6 Å². The summed E-state index contributed by atoms with van der Waals surface area (Å²) < 4.78 is 56.2. The number of sulfonamides is 1. The zero-order valence-corrected chi connectivity index (χ0v) is 18.0. The van der Waals surface area contributed by atoms with Gasteiger partial charge in [-0.3, -0.25) is 4.79 Å². The van der Waals surface area contributed by atoms with E-state index in [1.807, 2.05) is 0 Å². The molecule has 1 aliphatic carbocycles. The van der Waals surface area contributed by atoms with Crippen LogP contribution in [0.1, 0.15) is 23.2 Å². The summed E-state index contributed by atoms with van der Waals surface area (Å²) in [6.45, 7) is 0. The van der Waals surface area contributed by atoms with Crippen LogP contribution >= 0.6 is 11.6 Å². The Kier molecular flexibility index (Phi) is 5.91. The van der Waals surface area contributed by atoms with Crippen molar-refractivity contribution < 1.29 is 26.4 Å². The van der Waals surface area contributed by atoms with Gasteiger partial charge in [0.15, 0.2) is 9.84 Å². The summed E-state index contributed by atoms with van der Waals surface area (Å²) in [6, 6.07) is 7.76. The summed E-state index contributed by atoms with van der Waals surface area (Å²) in [5, 5.41) is 2.59. The first-order chi connectivity index (χ1) is 13.5. The lowest BCUT2D eigenvalue weighted by Crippen LogP contribution is -2.26. The van der Waals surface area contributed by atoms with Gasteiger partial charge in [-0.2, -0.15) is 0 Å². The first kappa shape index (κ1) is 21.6. The fraction of sp³-hybridized carbons (Fsp3) is 0.278. The number of methoxy groups -OCH3 is 1.